The molecule has 1 fully saturated rings. The van der Waals surface area contributed by atoms with Gasteiger partial charge >= 0.3 is 0 Å². The van der Waals surface area contributed by atoms with Crippen LogP contribution in [0.1, 0.15) is 12.8 Å². The van der Waals surface area contributed by atoms with E-state index in [1.54, 1.807) is 36.4 Å². The third kappa shape index (κ3) is 6.44. The molecule has 3 nitrogen and oxygen atoms in total. The minimum atomic E-state index is -0.308. The molecular formula is C23H25F2NO2. The fraction of sp³-hybridized carbons (Fsp3) is 0.217. The molecule has 0 unspecified atom stereocenters. The predicted molar refractivity (Wildman–Crippen MR) is 109 cm³/mol. The summed E-state index contributed by atoms with van der Waals surface area (Å²) in [6.45, 7) is 2.50. The Labute approximate surface area is 164 Å². The molecule has 3 aromatic rings. The van der Waals surface area contributed by atoms with Crippen molar-refractivity contribution in [3.05, 3.63) is 78.4 Å². The van der Waals surface area contributed by atoms with E-state index in [-0.39, 0.29) is 17.4 Å². The zero-order valence-electron chi connectivity index (χ0n) is 15.8. The molecule has 0 radical (unpaired) electrons. The van der Waals surface area contributed by atoms with Crippen LogP contribution in [0.25, 0.3) is 22.3 Å². The lowest BCUT2D eigenvalue weighted by Gasteiger charge is -2.08. The number of phenols is 1. The van der Waals surface area contributed by atoms with E-state index in [1.807, 2.05) is 6.07 Å². The minimum Gasteiger partial charge on any atom is -0.508 e. The molecule has 0 saturated carbocycles. The van der Waals surface area contributed by atoms with Crippen molar-refractivity contribution in [1.29, 1.82) is 0 Å². The van der Waals surface area contributed by atoms with Crippen LogP contribution in [0.5, 0.6) is 5.75 Å². The number of rotatable bonds is 2. The number of halogens is 2. The third-order valence-electron chi connectivity index (χ3n) is 4.23. The minimum absolute atomic E-state index is 0.108. The fourth-order valence-electron chi connectivity index (χ4n) is 2.85. The number of aliphatic hydroxyl groups is 1. The average Bonchev–Trinajstić information content (AvgIpc) is 3.30. The fourth-order valence-corrected chi connectivity index (χ4v) is 2.85. The van der Waals surface area contributed by atoms with Crippen LogP contribution in [0, 0.1) is 11.6 Å². The second-order valence-corrected chi connectivity index (χ2v) is 6.24. The van der Waals surface area contributed by atoms with Gasteiger partial charge in [0.25, 0.3) is 0 Å². The summed E-state index contributed by atoms with van der Waals surface area (Å²) in [6, 6.07) is 17.2. The van der Waals surface area contributed by atoms with E-state index in [9.17, 15) is 13.9 Å². The van der Waals surface area contributed by atoms with Gasteiger partial charge in [0.2, 0.25) is 0 Å². The number of hydrogen-bond acceptors (Lipinski definition) is 3. The summed E-state index contributed by atoms with van der Waals surface area (Å²) in [5, 5.41) is 20.1. The first-order valence-electron chi connectivity index (χ1n) is 9.13. The van der Waals surface area contributed by atoms with E-state index >= 15 is 0 Å². The highest BCUT2D eigenvalue weighted by Gasteiger charge is 2.05. The first kappa shape index (κ1) is 21.5. The normalized spacial score (nSPS) is 12.4. The summed E-state index contributed by atoms with van der Waals surface area (Å²) in [5.41, 5.74) is 3.15. The van der Waals surface area contributed by atoms with Crippen LogP contribution in [0.4, 0.5) is 8.78 Å². The van der Waals surface area contributed by atoms with Gasteiger partial charge in [0.1, 0.15) is 17.4 Å². The molecule has 0 aliphatic carbocycles. The van der Waals surface area contributed by atoms with E-state index in [1.165, 1.54) is 50.2 Å². The first-order valence-corrected chi connectivity index (χ1v) is 9.13. The number of nitrogens with one attached hydrogen (secondary N) is 1. The average molecular weight is 385 g/mol. The number of aromatic hydroxyl groups is 1. The monoisotopic (exact) mass is 385 g/mol. The van der Waals surface area contributed by atoms with Gasteiger partial charge in [0.15, 0.2) is 0 Å². The predicted octanol–water partition coefficient (Wildman–Crippen LogP) is 4.98. The van der Waals surface area contributed by atoms with Crippen molar-refractivity contribution >= 4 is 0 Å². The SMILES string of the molecule is C1CCNC1.CO.Oc1cc(-c2ccc(F)cc2)cc(-c2ccc(F)cc2)c1. The molecule has 0 aromatic heterocycles. The Morgan fingerprint density at radius 1 is 0.643 bits per heavy atom. The molecule has 148 valence electrons. The van der Waals surface area contributed by atoms with Gasteiger partial charge in [0.05, 0.1) is 0 Å². The van der Waals surface area contributed by atoms with Crippen molar-refractivity contribution in [2.45, 2.75) is 12.8 Å². The first-order chi connectivity index (χ1) is 13.6. The Kier molecular flexibility index (Phi) is 8.59. The van der Waals surface area contributed by atoms with Crippen molar-refractivity contribution in [3.63, 3.8) is 0 Å². The van der Waals surface area contributed by atoms with Crippen LogP contribution in [0.3, 0.4) is 0 Å². The van der Waals surface area contributed by atoms with Crippen LogP contribution in [-0.2, 0) is 0 Å². The van der Waals surface area contributed by atoms with Crippen molar-refractivity contribution in [2.24, 2.45) is 0 Å². The molecule has 1 aliphatic rings. The standard InChI is InChI=1S/C18H12F2O.C4H9N.CH4O/c19-16-5-1-12(2-6-16)14-9-15(11-18(21)10-14)13-3-7-17(20)8-4-13;1-2-4-5-3-1;1-2/h1-11,21H;5H,1-4H2;2H,1H3. The molecule has 0 atom stereocenters. The number of hydrogen-bond donors (Lipinski definition) is 3. The van der Waals surface area contributed by atoms with Gasteiger partial charge in [-0.3, -0.25) is 0 Å². The summed E-state index contributed by atoms with van der Waals surface area (Å²) in [7, 11) is 1.00. The van der Waals surface area contributed by atoms with Gasteiger partial charge in [-0.2, -0.15) is 0 Å². The second kappa shape index (κ2) is 11.2. The van der Waals surface area contributed by atoms with E-state index < -0.39 is 0 Å². The quantitative estimate of drug-likeness (QED) is 0.583. The molecule has 1 heterocycles. The molecular weight excluding hydrogens is 360 g/mol. The van der Waals surface area contributed by atoms with Gasteiger partial charge in [-0.05, 0) is 90.6 Å². The number of phenolic OH excluding ortho intramolecular Hbond substituents is 1. The molecule has 4 rings (SSSR count). The Bertz CT molecular complexity index is 774. The van der Waals surface area contributed by atoms with Crippen LogP contribution in [0.15, 0.2) is 66.7 Å². The highest BCUT2D eigenvalue weighted by molar-refractivity contribution is 5.75. The summed E-state index contributed by atoms with van der Waals surface area (Å²) in [4.78, 5) is 0. The molecule has 3 N–H and O–H groups in total. The van der Waals surface area contributed by atoms with Crippen LogP contribution >= 0.6 is 0 Å². The highest BCUT2D eigenvalue weighted by Crippen LogP contribution is 2.31. The Morgan fingerprint density at radius 3 is 1.36 bits per heavy atom. The zero-order chi connectivity index (χ0) is 20.4. The maximum atomic E-state index is 13.0. The lowest BCUT2D eigenvalue weighted by atomic mass is 9.98. The van der Waals surface area contributed by atoms with E-state index in [0.29, 0.717) is 0 Å². The van der Waals surface area contributed by atoms with Gasteiger partial charge in [-0.1, -0.05) is 24.3 Å². The largest absolute Gasteiger partial charge is 0.508 e. The molecule has 0 bridgehead atoms. The lowest BCUT2D eigenvalue weighted by molar-refractivity contribution is 0.399. The molecule has 1 saturated heterocycles. The maximum absolute atomic E-state index is 13.0. The zero-order valence-corrected chi connectivity index (χ0v) is 15.8. The van der Waals surface area contributed by atoms with Crippen molar-refractivity contribution in [2.75, 3.05) is 20.2 Å². The van der Waals surface area contributed by atoms with Gasteiger partial charge in [0, 0.05) is 7.11 Å². The number of aliphatic hydroxyl groups excluding tert-OH is 1. The second-order valence-electron chi connectivity index (χ2n) is 6.24. The van der Waals surface area contributed by atoms with Gasteiger partial charge in [-0.15, -0.1) is 0 Å². The number of benzene rings is 3. The van der Waals surface area contributed by atoms with E-state index in [4.69, 9.17) is 5.11 Å². The molecule has 0 spiro atoms. The summed E-state index contributed by atoms with van der Waals surface area (Å²) < 4.78 is 26.0. The molecule has 3 aromatic carbocycles. The van der Waals surface area contributed by atoms with Crippen molar-refractivity contribution in [1.82, 2.24) is 5.32 Å². The smallest absolute Gasteiger partial charge is 0.123 e. The molecule has 0 amide bonds. The Hall–Kier alpha value is -2.76. The Morgan fingerprint density at radius 2 is 1.04 bits per heavy atom. The molecule has 28 heavy (non-hydrogen) atoms. The van der Waals surface area contributed by atoms with Gasteiger partial charge < -0.3 is 15.5 Å². The topological polar surface area (TPSA) is 52.5 Å². The van der Waals surface area contributed by atoms with Crippen LogP contribution < -0.4 is 5.32 Å². The highest BCUT2D eigenvalue weighted by atomic mass is 19.1. The summed E-state index contributed by atoms with van der Waals surface area (Å²) in [6.07, 6.45) is 2.78. The summed E-state index contributed by atoms with van der Waals surface area (Å²) >= 11 is 0. The van der Waals surface area contributed by atoms with E-state index in [0.717, 1.165) is 29.4 Å². The van der Waals surface area contributed by atoms with Crippen LogP contribution in [-0.4, -0.2) is 30.4 Å². The Balaban J connectivity index is 0.000000342. The lowest BCUT2D eigenvalue weighted by Crippen LogP contribution is -2.03. The summed E-state index contributed by atoms with van der Waals surface area (Å²) in [5.74, 6) is -0.508. The van der Waals surface area contributed by atoms with Gasteiger partial charge in [-0.25, -0.2) is 8.78 Å². The molecule has 5 heteroatoms. The maximum Gasteiger partial charge on any atom is 0.123 e. The van der Waals surface area contributed by atoms with E-state index in [2.05, 4.69) is 5.32 Å². The van der Waals surface area contributed by atoms with Crippen LogP contribution in [0.2, 0.25) is 0 Å². The van der Waals surface area contributed by atoms with Crippen molar-refractivity contribution < 1.29 is 19.0 Å². The van der Waals surface area contributed by atoms with Crippen molar-refractivity contribution in [3.8, 4) is 28.0 Å². The molecule has 1 aliphatic heterocycles. The third-order valence-corrected chi connectivity index (χ3v) is 4.23.